The maximum Gasteiger partial charge on any atom is 0.159 e. The third-order valence-electron chi connectivity index (χ3n) is 4.31. The van der Waals surface area contributed by atoms with Crippen LogP contribution in [0.3, 0.4) is 0 Å². The molecule has 4 heterocycles. The first-order chi connectivity index (χ1) is 12.8. The van der Waals surface area contributed by atoms with Gasteiger partial charge in [-0.3, -0.25) is 15.1 Å². The van der Waals surface area contributed by atoms with Gasteiger partial charge in [0.25, 0.3) is 0 Å². The van der Waals surface area contributed by atoms with Crippen LogP contribution in [0.5, 0.6) is 5.75 Å². The minimum atomic E-state index is 0.689. The zero-order chi connectivity index (χ0) is 17.5. The number of rotatable bonds is 3. The van der Waals surface area contributed by atoms with Crippen molar-refractivity contribution in [2.45, 2.75) is 0 Å². The van der Waals surface area contributed by atoms with Crippen molar-refractivity contribution >= 4 is 21.9 Å². The smallest absolute Gasteiger partial charge is 0.159 e. The summed E-state index contributed by atoms with van der Waals surface area (Å²) in [5.41, 5.74) is 5.16. The Balaban J connectivity index is 1.67. The molecule has 0 unspecified atom stereocenters. The summed E-state index contributed by atoms with van der Waals surface area (Å²) < 4.78 is 5.25. The minimum Gasteiger partial charge on any atom is -0.495 e. The molecule has 0 radical (unpaired) electrons. The summed E-state index contributed by atoms with van der Waals surface area (Å²) in [4.78, 5) is 16.7. The quantitative estimate of drug-likeness (QED) is 0.523. The lowest BCUT2D eigenvalue weighted by atomic mass is 10.1. The molecule has 0 bridgehead atoms. The summed E-state index contributed by atoms with van der Waals surface area (Å²) in [6.07, 6.45) is 5.20. The van der Waals surface area contributed by atoms with Crippen LogP contribution in [-0.4, -0.2) is 37.2 Å². The predicted molar refractivity (Wildman–Crippen MR) is 98.8 cm³/mol. The van der Waals surface area contributed by atoms with Gasteiger partial charge in [-0.2, -0.15) is 5.10 Å². The number of para-hydroxylation sites is 2. The zero-order valence-corrected chi connectivity index (χ0v) is 13.9. The fourth-order valence-electron chi connectivity index (χ4n) is 2.99. The van der Waals surface area contributed by atoms with E-state index in [9.17, 15) is 0 Å². The molecule has 5 aromatic rings. The molecule has 5 rings (SSSR count). The van der Waals surface area contributed by atoms with Crippen molar-refractivity contribution in [3.8, 4) is 28.5 Å². The van der Waals surface area contributed by atoms with E-state index in [1.54, 1.807) is 25.7 Å². The number of imidazole rings is 1. The summed E-state index contributed by atoms with van der Waals surface area (Å²) >= 11 is 0. The van der Waals surface area contributed by atoms with Gasteiger partial charge in [0, 0.05) is 17.1 Å². The molecule has 126 valence electrons. The molecule has 0 atom stereocenters. The predicted octanol–water partition coefficient (Wildman–Crippen LogP) is 3.57. The van der Waals surface area contributed by atoms with Gasteiger partial charge in [-0.25, -0.2) is 4.98 Å². The second kappa shape index (κ2) is 5.66. The van der Waals surface area contributed by atoms with E-state index in [1.165, 1.54) is 0 Å². The van der Waals surface area contributed by atoms with Crippen molar-refractivity contribution < 1.29 is 4.74 Å². The highest BCUT2D eigenvalue weighted by Crippen LogP contribution is 2.29. The highest BCUT2D eigenvalue weighted by Gasteiger charge is 2.14. The second-order valence-corrected chi connectivity index (χ2v) is 5.90. The number of nitrogens with zero attached hydrogens (tertiary/aromatic N) is 4. The second-order valence-electron chi connectivity index (χ2n) is 5.90. The molecule has 1 aromatic carbocycles. The van der Waals surface area contributed by atoms with Crippen LogP contribution < -0.4 is 4.74 Å². The molecule has 0 amide bonds. The molecule has 26 heavy (non-hydrogen) atoms. The maximum absolute atomic E-state index is 5.25. The van der Waals surface area contributed by atoms with Gasteiger partial charge < -0.3 is 9.72 Å². The van der Waals surface area contributed by atoms with Gasteiger partial charge in [-0.15, -0.1) is 0 Å². The topological polar surface area (TPSA) is 92.4 Å². The molecule has 7 heteroatoms. The number of aromatic amines is 2. The molecular formula is C19H14N6O. The Morgan fingerprint density at radius 2 is 1.92 bits per heavy atom. The van der Waals surface area contributed by atoms with Crippen LogP contribution >= 0.6 is 0 Å². The minimum absolute atomic E-state index is 0.689. The Morgan fingerprint density at radius 1 is 1.00 bits per heavy atom. The van der Waals surface area contributed by atoms with E-state index in [1.807, 2.05) is 36.4 Å². The molecule has 0 aliphatic heterocycles. The summed E-state index contributed by atoms with van der Waals surface area (Å²) in [7, 11) is 1.62. The number of H-pyrrole nitrogens is 2. The molecule has 0 aliphatic rings. The van der Waals surface area contributed by atoms with E-state index in [0.717, 1.165) is 44.7 Å². The summed E-state index contributed by atoms with van der Waals surface area (Å²) in [6.45, 7) is 0. The van der Waals surface area contributed by atoms with Crippen LogP contribution in [0.2, 0.25) is 0 Å². The lowest BCUT2D eigenvalue weighted by Crippen LogP contribution is -1.88. The third kappa shape index (κ3) is 2.29. The van der Waals surface area contributed by atoms with Crippen molar-refractivity contribution in [2.24, 2.45) is 0 Å². The fraction of sp³-hybridized carbons (Fsp3) is 0.0526. The van der Waals surface area contributed by atoms with Crippen LogP contribution in [0.4, 0.5) is 0 Å². The molecule has 0 aliphatic carbocycles. The van der Waals surface area contributed by atoms with Crippen molar-refractivity contribution in [3.05, 3.63) is 55.0 Å². The number of fused-ring (bicyclic) bond motifs is 2. The molecule has 7 nitrogen and oxygen atoms in total. The van der Waals surface area contributed by atoms with Crippen LogP contribution in [0.1, 0.15) is 0 Å². The Bertz CT molecular complexity index is 1210. The van der Waals surface area contributed by atoms with E-state index >= 15 is 0 Å². The number of hydrogen-bond donors (Lipinski definition) is 2. The lowest BCUT2D eigenvalue weighted by Gasteiger charge is -2.03. The van der Waals surface area contributed by atoms with Crippen LogP contribution in [0.25, 0.3) is 44.7 Å². The van der Waals surface area contributed by atoms with Gasteiger partial charge in [0.15, 0.2) is 5.82 Å². The number of nitrogens with one attached hydrogen (secondary N) is 2. The Morgan fingerprint density at radius 3 is 2.81 bits per heavy atom. The number of ether oxygens (including phenoxy) is 1. The van der Waals surface area contributed by atoms with Crippen LogP contribution in [-0.2, 0) is 0 Å². The first kappa shape index (κ1) is 14.6. The maximum atomic E-state index is 5.25. The molecular weight excluding hydrogens is 328 g/mol. The molecule has 4 aromatic heterocycles. The van der Waals surface area contributed by atoms with E-state index in [0.29, 0.717) is 5.75 Å². The largest absolute Gasteiger partial charge is 0.495 e. The normalized spacial score (nSPS) is 11.3. The Hall–Kier alpha value is -3.74. The number of hydrogen-bond acceptors (Lipinski definition) is 5. The first-order valence-corrected chi connectivity index (χ1v) is 8.10. The average Bonchev–Trinajstić information content (AvgIpc) is 3.31. The van der Waals surface area contributed by atoms with Gasteiger partial charge in [0.2, 0.25) is 0 Å². The molecule has 2 N–H and O–H groups in total. The number of aromatic nitrogens is 6. The molecule has 0 saturated heterocycles. The summed E-state index contributed by atoms with van der Waals surface area (Å²) in [5, 5.41) is 8.39. The molecule has 0 fully saturated rings. The van der Waals surface area contributed by atoms with Gasteiger partial charge in [0.1, 0.15) is 11.4 Å². The number of methoxy groups -OCH3 is 1. The van der Waals surface area contributed by atoms with Gasteiger partial charge in [-0.1, -0.05) is 12.1 Å². The van der Waals surface area contributed by atoms with E-state index in [4.69, 9.17) is 4.74 Å². The third-order valence-corrected chi connectivity index (χ3v) is 4.31. The highest BCUT2D eigenvalue weighted by atomic mass is 16.5. The highest BCUT2D eigenvalue weighted by molar-refractivity contribution is 5.94. The Labute approximate surface area is 148 Å². The zero-order valence-electron chi connectivity index (χ0n) is 13.9. The lowest BCUT2D eigenvalue weighted by molar-refractivity contribution is 0.413. The Kier molecular flexibility index (Phi) is 3.18. The standard InChI is InChI=1S/C19H14N6O/c1-26-12-6-11(8-20-9-12)16-7-13-17(10-21-16)24-25-18(13)19-22-14-4-2-3-5-15(14)23-19/h2-10H,1H3,(H,22,23)(H,24,25). The average molecular weight is 342 g/mol. The van der Waals surface area contributed by atoms with E-state index in [-0.39, 0.29) is 0 Å². The van der Waals surface area contributed by atoms with Gasteiger partial charge in [0.05, 0.1) is 41.7 Å². The SMILES string of the molecule is COc1cncc(-c2cc3c(-c4nc5ccccc5[nH]4)n[nH]c3cn2)c1. The first-order valence-electron chi connectivity index (χ1n) is 8.10. The van der Waals surface area contributed by atoms with Crippen molar-refractivity contribution in [2.75, 3.05) is 7.11 Å². The van der Waals surface area contributed by atoms with E-state index < -0.39 is 0 Å². The molecule has 0 spiro atoms. The number of benzene rings is 1. The van der Waals surface area contributed by atoms with Crippen molar-refractivity contribution in [3.63, 3.8) is 0 Å². The number of pyridine rings is 2. The van der Waals surface area contributed by atoms with E-state index in [2.05, 4.69) is 30.1 Å². The molecule has 0 saturated carbocycles. The summed E-state index contributed by atoms with van der Waals surface area (Å²) in [5.74, 6) is 1.41. The van der Waals surface area contributed by atoms with Crippen molar-refractivity contribution in [1.29, 1.82) is 0 Å². The monoisotopic (exact) mass is 342 g/mol. The van der Waals surface area contributed by atoms with Crippen molar-refractivity contribution in [1.82, 2.24) is 30.1 Å². The van der Waals surface area contributed by atoms with Crippen LogP contribution in [0.15, 0.2) is 55.0 Å². The van der Waals surface area contributed by atoms with Crippen LogP contribution in [0, 0.1) is 0 Å². The van der Waals surface area contributed by atoms with Gasteiger partial charge >= 0.3 is 0 Å². The summed E-state index contributed by atoms with van der Waals surface area (Å²) in [6, 6.07) is 11.8. The fourth-order valence-corrected chi connectivity index (χ4v) is 2.99. The van der Waals surface area contributed by atoms with Gasteiger partial charge in [-0.05, 0) is 24.3 Å².